The molecule has 3 N–H and O–H groups in total. The van der Waals surface area contributed by atoms with E-state index in [2.05, 4.69) is 20.6 Å². The fourth-order valence-corrected chi connectivity index (χ4v) is 2.63. The first-order valence-electron chi connectivity index (χ1n) is 6.50. The number of hydrogen-bond acceptors (Lipinski definition) is 6. The minimum Gasteiger partial charge on any atom is -0.361 e. The van der Waals surface area contributed by atoms with Crippen LogP contribution in [0.3, 0.4) is 0 Å². The lowest BCUT2D eigenvalue weighted by Crippen LogP contribution is -2.17. The van der Waals surface area contributed by atoms with E-state index in [0.717, 1.165) is 59.8 Å². The van der Waals surface area contributed by atoms with Crippen molar-refractivity contribution in [3.63, 3.8) is 0 Å². The van der Waals surface area contributed by atoms with Gasteiger partial charge in [0.05, 0.1) is 11.3 Å². The highest BCUT2D eigenvalue weighted by molar-refractivity contribution is 5.63. The third-order valence-corrected chi connectivity index (χ3v) is 3.58. The quantitative estimate of drug-likeness (QED) is 0.632. The van der Waals surface area contributed by atoms with Gasteiger partial charge in [0.15, 0.2) is 5.82 Å². The molecule has 100 valence electrons. The average molecular weight is 259 g/mol. The van der Waals surface area contributed by atoms with Gasteiger partial charge in [-0.3, -0.25) is 0 Å². The summed E-state index contributed by atoms with van der Waals surface area (Å²) in [4.78, 5) is 9.20. The topological polar surface area (TPSA) is 89.9 Å². The number of rotatable bonds is 2. The number of nitrogens with zero attached hydrogens (tertiary/aromatic N) is 3. The van der Waals surface area contributed by atoms with Crippen LogP contribution in [0.15, 0.2) is 4.52 Å². The Bertz CT molecular complexity index is 583. The van der Waals surface area contributed by atoms with E-state index in [1.165, 1.54) is 0 Å². The normalized spacial score (nSPS) is 14.3. The molecular formula is C13H17N5O. The Morgan fingerprint density at radius 2 is 1.95 bits per heavy atom. The van der Waals surface area contributed by atoms with Crippen LogP contribution in [0.2, 0.25) is 0 Å². The van der Waals surface area contributed by atoms with Crippen molar-refractivity contribution in [3.05, 3.63) is 22.7 Å². The maximum atomic E-state index is 5.59. The van der Waals surface area contributed by atoms with Gasteiger partial charge in [-0.05, 0) is 39.5 Å². The summed E-state index contributed by atoms with van der Waals surface area (Å²) in [5.74, 6) is 7.69. The van der Waals surface area contributed by atoms with Crippen LogP contribution in [0, 0.1) is 13.8 Å². The first kappa shape index (κ1) is 12.1. The lowest BCUT2D eigenvalue weighted by Gasteiger charge is -2.18. The van der Waals surface area contributed by atoms with E-state index in [-0.39, 0.29) is 0 Å². The number of aromatic nitrogens is 3. The molecule has 0 amide bonds. The molecule has 0 atom stereocenters. The number of nitrogen functional groups attached to an aromatic ring is 1. The number of fused-ring (bicyclic) bond motifs is 1. The highest BCUT2D eigenvalue weighted by atomic mass is 16.5. The van der Waals surface area contributed by atoms with Crippen molar-refractivity contribution in [1.82, 2.24) is 15.1 Å². The van der Waals surface area contributed by atoms with Gasteiger partial charge in [0.25, 0.3) is 0 Å². The zero-order valence-electron chi connectivity index (χ0n) is 11.2. The molecule has 1 aliphatic carbocycles. The van der Waals surface area contributed by atoms with Crippen molar-refractivity contribution in [1.29, 1.82) is 0 Å². The summed E-state index contributed by atoms with van der Waals surface area (Å²) in [5, 5.41) is 3.95. The van der Waals surface area contributed by atoms with Crippen molar-refractivity contribution in [2.75, 3.05) is 5.43 Å². The zero-order valence-corrected chi connectivity index (χ0v) is 11.2. The predicted octanol–water partition coefficient (Wildman–Crippen LogP) is 1.91. The lowest BCUT2D eigenvalue weighted by atomic mass is 9.96. The third kappa shape index (κ3) is 1.98. The summed E-state index contributed by atoms with van der Waals surface area (Å²) < 4.78 is 5.19. The summed E-state index contributed by atoms with van der Waals surface area (Å²) in [5.41, 5.74) is 6.59. The summed E-state index contributed by atoms with van der Waals surface area (Å²) in [6.45, 7) is 3.76. The van der Waals surface area contributed by atoms with Gasteiger partial charge < -0.3 is 9.95 Å². The van der Waals surface area contributed by atoms with Gasteiger partial charge in [-0.2, -0.15) is 0 Å². The van der Waals surface area contributed by atoms with Crippen molar-refractivity contribution in [3.8, 4) is 11.4 Å². The molecule has 6 nitrogen and oxygen atoms in total. The molecule has 0 saturated heterocycles. The molecule has 19 heavy (non-hydrogen) atoms. The lowest BCUT2D eigenvalue weighted by molar-refractivity contribution is 0.393. The predicted molar refractivity (Wildman–Crippen MR) is 71.5 cm³/mol. The maximum Gasteiger partial charge on any atom is 0.167 e. The summed E-state index contributed by atoms with van der Waals surface area (Å²) in [6.07, 6.45) is 4.28. The van der Waals surface area contributed by atoms with Gasteiger partial charge in [-0.1, -0.05) is 5.16 Å². The summed E-state index contributed by atoms with van der Waals surface area (Å²) >= 11 is 0. The minimum absolute atomic E-state index is 0.643. The van der Waals surface area contributed by atoms with Gasteiger partial charge >= 0.3 is 0 Å². The molecule has 0 aliphatic heterocycles. The molecular weight excluding hydrogens is 242 g/mol. The molecule has 2 heterocycles. The number of nitrogens with two attached hydrogens (primary N) is 1. The smallest absolute Gasteiger partial charge is 0.167 e. The summed E-state index contributed by atoms with van der Waals surface area (Å²) in [7, 11) is 0. The van der Waals surface area contributed by atoms with Crippen molar-refractivity contribution in [2.45, 2.75) is 39.5 Å². The minimum atomic E-state index is 0.643. The molecule has 0 spiro atoms. The largest absolute Gasteiger partial charge is 0.361 e. The molecule has 2 aromatic rings. The maximum absolute atomic E-state index is 5.59. The van der Waals surface area contributed by atoms with E-state index < -0.39 is 0 Å². The first-order valence-corrected chi connectivity index (χ1v) is 6.50. The number of aryl methyl sites for hydroxylation is 3. The van der Waals surface area contributed by atoms with E-state index in [1.54, 1.807) is 0 Å². The molecule has 3 rings (SSSR count). The Labute approximate surface area is 111 Å². The average Bonchev–Trinajstić information content (AvgIpc) is 2.77. The molecule has 1 aliphatic rings. The van der Waals surface area contributed by atoms with Gasteiger partial charge in [0, 0.05) is 11.3 Å². The van der Waals surface area contributed by atoms with Crippen LogP contribution in [0.25, 0.3) is 11.4 Å². The van der Waals surface area contributed by atoms with Crippen LogP contribution in [-0.2, 0) is 12.8 Å². The van der Waals surface area contributed by atoms with Crippen LogP contribution in [0.4, 0.5) is 5.82 Å². The second-order valence-corrected chi connectivity index (χ2v) is 4.87. The zero-order chi connectivity index (χ0) is 13.4. The third-order valence-electron chi connectivity index (χ3n) is 3.58. The van der Waals surface area contributed by atoms with E-state index in [1.807, 2.05) is 13.8 Å². The number of nitrogens with one attached hydrogen (secondary N) is 1. The van der Waals surface area contributed by atoms with Crippen molar-refractivity contribution < 1.29 is 4.52 Å². The molecule has 0 unspecified atom stereocenters. The number of hydrazine groups is 1. The second kappa shape index (κ2) is 4.62. The molecule has 0 aromatic carbocycles. The van der Waals surface area contributed by atoms with E-state index in [0.29, 0.717) is 5.82 Å². The molecule has 0 bridgehead atoms. The SMILES string of the molecule is Cc1noc(C)c1-c1nc2c(c(NN)n1)CCCC2. The molecule has 0 radical (unpaired) electrons. The van der Waals surface area contributed by atoms with E-state index in [4.69, 9.17) is 10.4 Å². The van der Waals surface area contributed by atoms with Crippen LogP contribution >= 0.6 is 0 Å². The fraction of sp³-hybridized carbons (Fsp3) is 0.462. The molecule has 0 saturated carbocycles. The molecule has 0 fully saturated rings. The Morgan fingerprint density at radius 3 is 2.63 bits per heavy atom. The van der Waals surface area contributed by atoms with Crippen LogP contribution in [0.5, 0.6) is 0 Å². The van der Waals surface area contributed by atoms with Gasteiger partial charge in [-0.15, -0.1) is 0 Å². The van der Waals surface area contributed by atoms with E-state index >= 15 is 0 Å². The van der Waals surface area contributed by atoms with Crippen molar-refractivity contribution >= 4 is 5.82 Å². The fourth-order valence-electron chi connectivity index (χ4n) is 2.63. The van der Waals surface area contributed by atoms with Gasteiger partial charge in [0.1, 0.15) is 11.6 Å². The number of anilines is 1. The second-order valence-electron chi connectivity index (χ2n) is 4.87. The Balaban J connectivity index is 2.18. The molecule has 6 heteroatoms. The Morgan fingerprint density at radius 1 is 1.16 bits per heavy atom. The van der Waals surface area contributed by atoms with Gasteiger partial charge in [-0.25, -0.2) is 15.8 Å². The monoisotopic (exact) mass is 259 g/mol. The Hall–Kier alpha value is -1.95. The van der Waals surface area contributed by atoms with Crippen LogP contribution < -0.4 is 11.3 Å². The summed E-state index contributed by atoms with van der Waals surface area (Å²) in [6, 6.07) is 0. The first-order chi connectivity index (χ1) is 9.20. The van der Waals surface area contributed by atoms with Gasteiger partial charge in [0.2, 0.25) is 0 Å². The van der Waals surface area contributed by atoms with Crippen molar-refractivity contribution in [2.24, 2.45) is 5.84 Å². The van der Waals surface area contributed by atoms with Crippen LogP contribution in [0.1, 0.15) is 35.6 Å². The van der Waals surface area contributed by atoms with Crippen LogP contribution in [-0.4, -0.2) is 15.1 Å². The highest BCUT2D eigenvalue weighted by Gasteiger charge is 2.21. The number of hydrogen-bond donors (Lipinski definition) is 2. The van der Waals surface area contributed by atoms with E-state index in [9.17, 15) is 0 Å². The highest BCUT2D eigenvalue weighted by Crippen LogP contribution is 2.30. The molecule has 2 aromatic heterocycles. The standard InChI is InChI=1S/C13H17N5O/c1-7-11(8(2)19-18-7)13-15-10-6-4-3-5-9(10)12(16-13)17-14/h3-6,14H2,1-2H3,(H,15,16,17). The Kier molecular flexibility index (Phi) is 2.94.